The molecule has 0 spiro atoms. The lowest BCUT2D eigenvalue weighted by Crippen LogP contribution is -2.54. The van der Waals surface area contributed by atoms with Crippen LogP contribution in [0.15, 0.2) is 65.6 Å². The maximum atomic E-state index is 14.4. The molecule has 0 unspecified atom stereocenters. The summed E-state index contributed by atoms with van der Waals surface area (Å²) in [7, 11) is -3.30. The highest BCUT2D eigenvalue weighted by Crippen LogP contribution is 2.36. The average molecular weight is 706 g/mol. The fourth-order valence-electron chi connectivity index (χ4n) is 5.70. The van der Waals surface area contributed by atoms with Crippen LogP contribution >= 0.6 is 23.2 Å². The highest BCUT2D eigenvalue weighted by Gasteiger charge is 2.36. The zero-order valence-corrected chi connectivity index (χ0v) is 28.8. The van der Waals surface area contributed by atoms with Crippen LogP contribution in [0.25, 0.3) is 0 Å². The molecule has 3 aromatic rings. The van der Waals surface area contributed by atoms with Gasteiger partial charge < -0.3 is 15.0 Å². The molecule has 0 aromatic heterocycles. The van der Waals surface area contributed by atoms with Crippen LogP contribution in [0.2, 0.25) is 10.0 Å². The fraction of sp³-hybridized carbons (Fsp3) is 0.394. The Labute approximate surface area is 285 Å². The number of halogens is 2. The molecule has 0 saturated heterocycles. The Morgan fingerprint density at radius 1 is 1.02 bits per heavy atom. The van der Waals surface area contributed by atoms with E-state index in [1.807, 2.05) is 0 Å². The van der Waals surface area contributed by atoms with Gasteiger partial charge in [0.2, 0.25) is 11.8 Å². The number of aryl methyl sites for hydroxylation is 1. The second-order valence-corrected chi connectivity index (χ2v) is 14.2. The van der Waals surface area contributed by atoms with E-state index in [1.165, 1.54) is 49.3 Å². The van der Waals surface area contributed by atoms with E-state index in [2.05, 4.69) is 5.32 Å². The second kappa shape index (κ2) is 15.8. The fourth-order valence-corrected chi connectivity index (χ4v) is 7.42. The molecule has 1 saturated carbocycles. The van der Waals surface area contributed by atoms with Gasteiger partial charge in [-0.15, -0.1) is 0 Å². The van der Waals surface area contributed by atoms with E-state index in [9.17, 15) is 28.1 Å². The molecule has 1 N–H and O–H groups in total. The number of hydrogen-bond acceptors (Lipinski definition) is 7. The minimum Gasteiger partial charge on any atom is -0.495 e. The van der Waals surface area contributed by atoms with Crippen LogP contribution in [0.3, 0.4) is 0 Å². The standard InChI is InChI=1S/C33H38Cl2N4O7S/c1-4-28(33(41)36-26-8-6-5-7-9-26)37(20-23-11-13-24(34)14-12-23)32(40)21-38(30-18-25(35)15-17-31(30)46-3)47(44,45)27-16-10-22(2)29(19-27)39(42)43/h10-19,26,28H,4-9,20-21H2,1-3H3,(H,36,41)/t28-/m1/s1. The Balaban J connectivity index is 1.80. The lowest BCUT2D eigenvalue weighted by molar-refractivity contribution is -0.385. The first-order valence-corrected chi connectivity index (χ1v) is 17.5. The van der Waals surface area contributed by atoms with Crippen molar-refractivity contribution in [2.45, 2.75) is 75.9 Å². The summed E-state index contributed by atoms with van der Waals surface area (Å²) in [5.74, 6) is -0.915. The summed E-state index contributed by atoms with van der Waals surface area (Å²) in [5.41, 5.74) is 0.490. The lowest BCUT2D eigenvalue weighted by atomic mass is 9.95. The third kappa shape index (κ3) is 8.74. The van der Waals surface area contributed by atoms with Crippen molar-refractivity contribution in [3.8, 4) is 5.75 Å². The van der Waals surface area contributed by atoms with Crippen LogP contribution in [-0.2, 0) is 26.2 Å². The van der Waals surface area contributed by atoms with Crippen LogP contribution in [0.5, 0.6) is 5.75 Å². The molecule has 0 heterocycles. The first-order valence-electron chi connectivity index (χ1n) is 15.3. The number of rotatable bonds is 13. The zero-order chi connectivity index (χ0) is 34.3. The van der Waals surface area contributed by atoms with Gasteiger partial charge in [-0.1, -0.05) is 67.6 Å². The van der Waals surface area contributed by atoms with Crippen molar-refractivity contribution in [2.24, 2.45) is 0 Å². The molecular weight excluding hydrogens is 667 g/mol. The lowest BCUT2D eigenvalue weighted by Gasteiger charge is -2.34. The molecule has 11 nitrogen and oxygen atoms in total. The van der Waals surface area contributed by atoms with Gasteiger partial charge in [-0.05, 0) is 68.1 Å². The predicted octanol–water partition coefficient (Wildman–Crippen LogP) is 6.67. The van der Waals surface area contributed by atoms with Crippen LogP contribution in [-0.4, -0.2) is 55.8 Å². The summed E-state index contributed by atoms with van der Waals surface area (Å²) < 4.78 is 34.9. The number of ether oxygens (including phenoxy) is 1. The molecule has 0 aliphatic heterocycles. The Hall–Kier alpha value is -3.87. The van der Waals surface area contributed by atoms with E-state index in [0.717, 1.165) is 42.5 Å². The summed E-state index contributed by atoms with van der Waals surface area (Å²) >= 11 is 12.4. The Bertz CT molecular complexity index is 1710. The molecule has 1 fully saturated rings. The summed E-state index contributed by atoms with van der Waals surface area (Å²) in [6.45, 7) is 2.51. The van der Waals surface area contributed by atoms with E-state index < -0.39 is 44.0 Å². The summed E-state index contributed by atoms with van der Waals surface area (Å²) in [5, 5.41) is 15.5. The van der Waals surface area contributed by atoms with Crippen LogP contribution in [0.4, 0.5) is 11.4 Å². The van der Waals surface area contributed by atoms with Crippen molar-refractivity contribution < 1.29 is 27.7 Å². The first kappa shape index (κ1) is 36.0. The number of nitrogens with one attached hydrogen (secondary N) is 1. The molecule has 47 heavy (non-hydrogen) atoms. The van der Waals surface area contributed by atoms with Gasteiger partial charge >= 0.3 is 0 Å². The van der Waals surface area contributed by atoms with Gasteiger partial charge in [-0.25, -0.2) is 8.42 Å². The molecule has 252 valence electrons. The number of amides is 2. The van der Waals surface area contributed by atoms with Gasteiger partial charge in [0, 0.05) is 34.3 Å². The summed E-state index contributed by atoms with van der Waals surface area (Å²) in [6, 6.07) is 13.7. The number of nitro benzene ring substituents is 1. The number of anilines is 1. The van der Waals surface area contributed by atoms with Gasteiger partial charge in [0.1, 0.15) is 18.3 Å². The van der Waals surface area contributed by atoms with Crippen molar-refractivity contribution in [1.29, 1.82) is 0 Å². The monoisotopic (exact) mass is 704 g/mol. The van der Waals surface area contributed by atoms with Crippen molar-refractivity contribution in [3.05, 3.63) is 92.0 Å². The molecule has 1 aliphatic carbocycles. The van der Waals surface area contributed by atoms with Crippen LogP contribution < -0.4 is 14.4 Å². The minimum absolute atomic E-state index is 0.0107. The zero-order valence-electron chi connectivity index (χ0n) is 26.4. The number of sulfonamides is 1. The van der Waals surface area contributed by atoms with Gasteiger partial charge in [-0.3, -0.25) is 24.0 Å². The number of hydrogen-bond donors (Lipinski definition) is 1. The molecule has 1 aliphatic rings. The predicted molar refractivity (Wildman–Crippen MR) is 181 cm³/mol. The smallest absolute Gasteiger partial charge is 0.273 e. The van der Waals surface area contributed by atoms with Crippen LogP contribution in [0.1, 0.15) is 56.6 Å². The van der Waals surface area contributed by atoms with Crippen LogP contribution in [0, 0.1) is 17.0 Å². The molecular formula is C33H38Cl2N4O7S. The summed E-state index contributed by atoms with van der Waals surface area (Å²) in [6.07, 6.45) is 5.05. The maximum Gasteiger partial charge on any atom is 0.273 e. The minimum atomic E-state index is -4.63. The second-order valence-electron chi connectivity index (χ2n) is 11.4. The SMILES string of the molecule is CC[C@H](C(=O)NC1CCCCC1)N(Cc1ccc(Cl)cc1)C(=O)CN(c1cc(Cl)ccc1OC)S(=O)(=O)c1ccc(C)c([N+](=O)[O-])c1. The third-order valence-corrected chi connectivity index (χ3v) is 10.5. The average Bonchev–Trinajstić information content (AvgIpc) is 3.04. The number of nitrogens with zero attached hydrogens (tertiary/aromatic N) is 3. The number of carbonyl (C=O) groups excluding carboxylic acids is 2. The molecule has 2 amide bonds. The third-order valence-electron chi connectivity index (χ3n) is 8.26. The number of benzene rings is 3. The number of carbonyl (C=O) groups is 2. The van der Waals surface area contributed by atoms with Crippen molar-refractivity contribution in [2.75, 3.05) is 18.0 Å². The first-order chi connectivity index (χ1) is 22.3. The topological polar surface area (TPSA) is 139 Å². The maximum absolute atomic E-state index is 14.4. The van der Waals surface area contributed by atoms with Crippen molar-refractivity contribution >= 4 is 56.4 Å². The molecule has 3 aromatic carbocycles. The molecule has 4 rings (SSSR count). The Morgan fingerprint density at radius 2 is 1.68 bits per heavy atom. The van der Waals surface area contributed by atoms with E-state index in [4.69, 9.17) is 27.9 Å². The molecule has 0 bridgehead atoms. The normalized spacial score (nSPS) is 14.2. The molecule has 0 radical (unpaired) electrons. The summed E-state index contributed by atoms with van der Waals surface area (Å²) in [4.78, 5) is 40.1. The van der Waals surface area contributed by atoms with E-state index >= 15 is 0 Å². The van der Waals surface area contributed by atoms with Crippen molar-refractivity contribution in [1.82, 2.24) is 10.2 Å². The largest absolute Gasteiger partial charge is 0.495 e. The van der Waals surface area contributed by atoms with E-state index in [-0.39, 0.29) is 46.9 Å². The van der Waals surface area contributed by atoms with E-state index in [1.54, 1.807) is 31.2 Å². The number of nitro groups is 1. The Kier molecular flexibility index (Phi) is 12.1. The van der Waals surface area contributed by atoms with Gasteiger partial charge in [0.05, 0.1) is 22.6 Å². The highest BCUT2D eigenvalue weighted by molar-refractivity contribution is 7.92. The van der Waals surface area contributed by atoms with Gasteiger partial charge in [-0.2, -0.15) is 0 Å². The van der Waals surface area contributed by atoms with Crippen molar-refractivity contribution in [3.63, 3.8) is 0 Å². The van der Waals surface area contributed by atoms with Gasteiger partial charge in [0.15, 0.2) is 0 Å². The Morgan fingerprint density at radius 3 is 2.30 bits per heavy atom. The van der Waals surface area contributed by atoms with Gasteiger partial charge in [0.25, 0.3) is 15.7 Å². The quantitative estimate of drug-likeness (QED) is 0.155. The highest BCUT2D eigenvalue weighted by atomic mass is 35.5. The number of methoxy groups -OCH3 is 1. The molecule has 1 atom stereocenters. The van der Waals surface area contributed by atoms with E-state index in [0.29, 0.717) is 10.6 Å². The molecule has 14 heteroatoms.